The quantitative estimate of drug-likeness (QED) is 0.802. The topological polar surface area (TPSA) is 60.8 Å². The molecule has 1 aromatic rings. The molecular formula is C22H29NO4. The number of pyridine rings is 1. The number of nitrogens with zero attached hydrogens (tertiary/aromatic N) is 1. The minimum atomic E-state index is -0.730. The third-order valence-corrected chi connectivity index (χ3v) is 8.12. The molecule has 2 heterocycles. The van der Waals surface area contributed by atoms with Gasteiger partial charge < -0.3 is 9.84 Å². The standard InChI is InChI=1S/C22H29NO4/c24-20(14-19-3-1-2-8-23-19)4-6-21(7-5-20)25-22(27-26-21)17-10-15-9-16(12-17)13-18(22)11-15/h1-3,8,15-18,24H,4-7,9-14H2. The molecule has 4 bridgehead atoms. The Kier molecular flexibility index (Phi) is 3.60. The van der Waals surface area contributed by atoms with Crippen LogP contribution >= 0.6 is 0 Å². The van der Waals surface area contributed by atoms with Crippen LogP contribution in [0.1, 0.15) is 63.5 Å². The summed E-state index contributed by atoms with van der Waals surface area (Å²) in [6.07, 6.45) is 11.4. The van der Waals surface area contributed by atoms with Crippen molar-refractivity contribution >= 4 is 0 Å². The Morgan fingerprint density at radius 3 is 2.26 bits per heavy atom. The van der Waals surface area contributed by atoms with Crippen LogP contribution < -0.4 is 0 Å². The summed E-state index contributed by atoms with van der Waals surface area (Å²) in [5, 5.41) is 11.1. The van der Waals surface area contributed by atoms with E-state index in [1.165, 1.54) is 32.1 Å². The van der Waals surface area contributed by atoms with Crippen LogP contribution in [0.2, 0.25) is 0 Å². The second-order valence-electron chi connectivity index (χ2n) is 9.93. The molecule has 5 aliphatic carbocycles. The van der Waals surface area contributed by atoms with Crippen LogP contribution in [0, 0.1) is 23.7 Å². The molecule has 1 saturated heterocycles. The highest BCUT2D eigenvalue weighted by molar-refractivity contribution is 5.10. The molecule has 0 atom stereocenters. The molecule has 2 spiro atoms. The van der Waals surface area contributed by atoms with Crippen molar-refractivity contribution < 1.29 is 19.6 Å². The van der Waals surface area contributed by atoms with E-state index in [1.807, 2.05) is 18.2 Å². The maximum atomic E-state index is 11.1. The number of aliphatic hydroxyl groups is 1. The van der Waals surface area contributed by atoms with Gasteiger partial charge in [0.15, 0.2) is 0 Å². The summed E-state index contributed by atoms with van der Waals surface area (Å²) in [5.41, 5.74) is 0.213. The monoisotopic (exact) mass is 371 g/mol. The van der Waals surface area contributed by atoms with Crippen molar-refractivity contribution in [2.45, 2.75) is 81.4 Å². The summed E-state index contributed by atoms with van der Waals surface area (Å²) in [7, 11) is 0. The largest absolute Gasteiger partial charge is 0.389 e. The zero-order valence-electron chi connectivity index (χ0n) is 15.8. The summed E-state index contributed by atoms with van der Waals surface area (Å²) in [6.45, 7) is 0. The third-order valence-electron chi connectivity index (χ3n) is 8.12. The Morgan fingerprint density at radius 2 is 1.63 bits per heavy atom. The molecule has 7 rings (SSSR count). The van der Waals surface area contributed by atoms with Crippen LogP contribution in [0.5, 0.6) is 0 Å². The molecule has 5 heteroatoms. The Labute approximate surface area is 160 Å². The van der Waals surface area contributed by atoms with Gasteiger partial charge in [-0.05, 0) is 68.9 Å². The second kappa shape index (κ2) is 5.76. The third kappa shape index (κ3) is 2.62. The molecular weight excluding hydrogens is 342 g/mol. The predicted molar refractivity (Wildman–Crippen MR) is 97.1 cm³/mol. The second-order valence-corrected chi connectivity index (χ2v) is 9.93. The lowest BCUT2D eigenvalue weighted by molar-refractivity contribution is -0.390. The molecule has 6 aliphatic rings. The van der Waals surface area contributed by atoms with Crippen molar-refractivity contribution in [1.29, 1.82) is 0 Å². The van der Waals surface area contributed by atoms with E-state index < -0.39 is 17.2 Å². The minimum Gasteiger partial charge on any atom is -0.389 e. The van der Waals surface area contributed by atoms with E-state index in [4.69, 9.17) is 14.5 Å². The van der Waals surface area contributed by atoms with Crippen molar-refractivity contribution in [2.24, 2.45) is 23.7 Å². The number of rotatable bonds is 2. The van der Waals surface area contributed by atoms with Gasteiger partial charge in [-0.1, -0.05) is 6.07 Å². The Hall–Kier alpha value is -1.01. The van der Waals surface area contributed by atoms with E-state index in [1.54, 1.807) is 6.20 Å². The predicted octanol–water partition coefficient (Wildman–Crippen LogP) is 3.76. The smallest absolute Gasteiger partial charge is 0.210 e. The fourth-order valence-electron chi connectivity index (χ4n) is 6.91. The average Bonchev–Trinajstić information content (AvgIpc) is 3.04. The molecule has 1 aliphatic heterocycles. The summed E-state index contributed by atoms with van der Waals surface area (Å²) in [5.74, 6) is 1.55. The Morgan fingerprint density at radius 1 is 0.926 bits per heavy atom. The molecule has 5 nitrogen and oxygen atoms in total. The average molecular weight is 371 g/mol. The van der Waals surface area contributed by atoms with Crippen molar-refractivity contribution in [2.75, 3.05) is 0 Å². The molecule has 5 saturated carbocycles. The minimum absolute atomic E-state index is 0.488. The van der Waals surface area contributed by atoms with Gasteiger partial charge in [0.05, 0.1) is 5.60 Å². The van der Waals surface area contributed by atoms with Gasteiger partial charge in [0, 0.05) is 43.0 Å². The molecule has 6 fully saturated rings. The van der Waals surface area contributed by atoms with E-state index in [0.717, 1.165) is 17.5 Å². The highest BCUT2D eigenvalue weighted by Crippen LogP contribution is 2.64. The molecule has 27 heavy (non-hydrogen) atoms. The highest BCUT2D eigenvalue weighted by atomic mass is 17.3. The normalized spacial score (nSPS) is 50.7. The lowest BCUT2D eigenvalue weighted by Crippen LogP contribution is -2.59. The first kappa shape index (κ1) is 16.9. The van der Waals surface area contributed by atoms with E-state index in [2.05, 4.69) is 4.98 Å². The van der Waals surface area contributed by atoms with Crippen LogP contribution in [0.4, 0.5) is 0 Å². The Bertz CT molecular complexity index is 684. The fraction of sp³-hybridized carbons (Fsp3) is 0.773. The van der Waals surface area contributed by atoms with E-state index in [9.17, 15) is 5.11 Å². The lowest BCUT2D eigenvalue weighted by atomic mass is 9.53. The number of hydrogen-bond donors (Lipinski definition) is 1. The van der Waals surface area contributed by atoms with Gasteiger partial charge in [-0.15, -0.1) is 0 Å². The molecule has 146 valence electrons. The molecule has 0 aromatic carbocycles. The van der Waals surface area contributed by atoms with Gasteiger partial charge in [-0.25, -0.2) is 0 Å². The molecule has 1 aromatic heterocycles. The maximum Gasteiger partial charge on any atom is 0.210 e. The molecule has 0 amide bonds. The van der Waals surface area contributed by atoms with Crippen molar-refractivity contribution in [1.82, 2.24) is 4.98 Å². The van der Waals surface area contributed by atoms with Gasteiger partial charge in [0.25, 0.3) is 0 Å². The first-order chi connectivity index (χ1) is 13.1. The number of ether oxygens (including phenoxy) is 1. The molecule has 0 unspecified atom stereocenters. The van der Waals surface area contributed by atoms with Gasteiger partial charge >= 0.3 is 0 Å². The van der Waals surface area contributed by atoms with Crippen molar-refractivity contribution in [3.8, 4) is 0 Å². The SMILES string of the molecule is OC1(Cc2ccccn2)CCC2(CC1)OOC1(O2)C2CC3CC(C2)CC1C3. The van der Waals surface area contributed by atoms with Crippen molar-refractivity contribution in [3.05, 3.63) is 30.1 Å². The zero-order chi connectivity index (χ0) is 18.1. The van der Waals surface area contributed by atoms with E-state index >= 15 is 0 Å². The Balaban J connectivity index is 1.17. The van der Waals surface area contributed by atoms with Crippen molar-refractivity contribution in [3.63, 3.8) is 0 Å². The van der Waals surface area contributed by atoms with Crippen LogP contribution in [0.25, 0.3) is 0 Å². The number of hydrogen-bond acceptors (Lipinski definition) is 5. The summed E-state index contributed by atoms with van der Waals surface area (Å²) < 4.78 is 6.73. The maximum absolute atomic E-state index is 11.1. The summed E-state index contributed by atoms with van der Waals surface area (Å²) in [6, 6.07) is 5.87. The van der Waals surface area contributed by atoms with Gasteiger partial charge in [-0.2, -0.15) is 9.78 Å². The van der Waals surface area contributed by atoms with Crippen LogP contribution in [-0.4, -0.2) is 27.3 Å². The van der Waals surface area contributed by atoms with Crippen LogP contribution in [0.3, 0.4) is 0 Å². The van der Waals surface area contributed by atoms with Crippen LogP contribution in [0.15, 0.2) is 24.4 Å². The highest BCUT2D eigenvalue weighted by Gasteiger charge is 2.67. The fourth-order valence-corrected chi connectivity index (χ4v) is 6.91. The first-order valence-electron chi connectivity index (χ1n) is 10.8. The summed E-state index contributed by atoms with van der Waals surface area (Å²) in [4.78, 5) is 16.4. The van der Waals surface area contributed by atoms with Gasteiger partial charge in [0.1, 0.15) is 0 Å². The van der Waals surface area contributed by atoms with Gasteiger partial charge in [-0.3, -0.25) is 4.98 Å². The van der Waals surface area contributed by atoms with E-state index in [0.29, 0.717) is 43.9 Å². The van der Waals surface area contributed by atoms with Crippen LogP contribution in [-0.2, 0) is 20.9 Å². The van der Waals surface area contributed by atoms with Gasteiger partial charge in [0.2, 0.25) is 11.6 Å². The van der Waals surface area contributed by atoms with E-state index in [-0.39, 0.29) is 0 Å². The number of aromatic nitrogens is 1. The first-order valence-corrected chi connectivity index (χ1v) is 10.8. The zero-order valence-corrected chi connectivity index (χ0v) is 15.8. The molecule has 0 radical (unpaired) electrons. The molecule has 1 N–H and O–H groups in total. The lowest BCUT2D eigenvalue weighted by Gasteiger charge is -2.57. The summed E-state index contributed by atoms with van der Waals surface area (Å²) >= 11 is 0.